The van der Waals surface area contributed by atoms with Crippen LogP contribution in [0.3, 0.4) is 0 Å². The molecule has 42 heavy (non-hydrogen) atoms. The topological polar surface area (TPSA) is 85.1 Å². The van der Waals surface area contributed by atoms with Gasteiger partial charge in [0.1, 0.15) is 28.8 Å². The van der Waals surface area contributed by atoms with Crippen molar-refractivity contribution >= 4 is 22.7 Å². The number of aromatic nitrogens is 2. The Morgan fingerprint density at radius 3 is 2.24 bits per heavy atom. The summed E-state index contributed by atoms with van der Waals surface area (Å²) in [6, 6.07) is 12.1. The average Bonchev–Trinajstić information content (AvgIpc) is 3.64. The molecule has 1 N–H and O–H groups in total. The highest BCUT2D eigenvalue weighted by Gasteiger charge is 2.48. The van der Waals surface area contributed by atoms with Crippen LogP contribution in [-0.4, -0.2) is 28.7 Å². The number of hydrogen-bond donors (Lipinski definition) is 1. The summed E-state index contributed by atoms with van der Waals surface area (Å²) >= 11 is 0. The highest BCUT2D eigenvalue weighted by molar-refractivity contribution is 6.12. The van der Waals surface area contributed by atoms with E-state index in [-0.39, 0.29) is 40.1 Å². The third-order valence-electron chi connectivity index (χ3n) is 7.96. The normalized spacial score (nSPS) is 13.8. The van der Waals surface area contributed by atoms with Gasteiger partial charge in [-0.05, 0) is 85.8 Å². The number of rotatable bonds is 7. The highest BCUT2D eigenvalue weighted by Crippen LogP contribution is 2.50. The standard InChI is InChI=1S/C33H26F3N3O3/c1-17-12-18(2)24(25(40)14-33(10-11-33)32-38-15-21(35)16-39-32)13-23(17)22-8-9-26-27(29(22)36)28(31(41)37-3)30(42-26)19-4-6-20(34)7-5-19/h4-9,12-13,15-16H,10-11,14H2,1-3H3,(H,37,41). The summed E-state index contributed by atoms with van der Waals surface area (Å²) in [4.78, 5) is 34.8. The second-order valence-corrected chi connectivity index (χ2v) is 10.8. The lowest BCUT2D eigenvalue weighted by Gasteiger charge is -2.16. The van der Waals surface area contributed by atoms with Gasteiger partial charge in [0.05, 0.1) is 23.3 Å². The Kier molecular flexibility index (Phi) is 6.68. The lowest BCUT2D eigenvalue weighted by Crippen LogP contribution is -2.18. The van der Waals surface area contributed by atoms with Gasteiger partial charge >= 0.3 is 0 Å². The fraction of sp³-hybridized carbons (Fsp3) is 0.212. The van der Waals surface area contributed by atoms with Gasteiger partial charge in [0.15, 0.2) is 11.6 Å². The predicted octanol–water partition coefficient (Wildman–Crippen LogP) is 7.26. The SMILES string of the molecule is CNC(=O)c1c(-c2ccc(F)cc2)oc2ccc(-c3cc(C(=O)CC4(c5ncc(F)cn5)CC4)c(C)cc3C)c(F)c12. The molecule has 6 rings (SSSR count). The maximum Gasteiger partial charge on any atom is 0.255 e. The van der Waals surface area contributed by atoms with E-state index in [2.05, 4.69) is 15.3 Å². The largest absolute Gasteiger partial charge is 0.455 e. The third-order valence-corrected chi connectivity index (χ3v) is 7.96. The van der Waals surface area contributed by atoms with Crippen molar-refractivity contribution in [2.45, 2.75) is 38.5 Å². The quantitative estimate of drug-likeness (QED) is 0.209. The van der Waals surface area contributed by atoms with Crippen LogP contribution in [0.15, 0.2) is 65.3 Å². The van der Waals surface area contributed by atoms with Gasteiger partial charge < -0.3 is 9.73 Å². The van der Waals surface area contributed by atoms with Gasteiger partial charge in [-0.1, -0.05) is 6.07 Å². The molecule has 0 spiro atoms. The van der Waals surface area contributed by atoms with Crippen molar-refractivity contribution in [3.05, 3.63) is 106 Å². The van der Waals surface area contributed by atoms with Crippen LogP contribution in [0, 0.1) is 31.3 Å². The lowest BCUT2D eigenvalue weighted by atomic mass is 9.88. The summed E-state index contributed by atoms with van der Waals surface area (Å²) in [5, 5.41) is 2.53. The van der Waals surface area contributed by atoms with Crippen LogP contribution >= 0.6 is 0 Å². The third kappa shape index (κ3) is 4.64. The van der Waals surface area contributed by atoms with Crippen molar-refractivity contribution in [2.24, 2.45) is 0 Å². The summed E-state index contributed by atoms with van der Waals surface area (Å²) in [6.45, 7) is 3.65. The average molecular weight is 570 g/mol. The summed E-state index contributed by atoms with van der Waals surface area (Å²) in [5.74, 6) is -1.81. The van der Waals surface area contributed by atoms with Crippen molar-refractivity contribution in [1.29, 1.82) is 0 Å². The zero-order valence-corrected chi connectivity index (χ0v) is 23.1. The number of carbonyl (C=O) groups excluding carboxylic acids is 2. The molecule has 3 aromatic carbocycles. The number of ketones is 1. The Hall–Kier alpha value is -4.79. The minimum Gasteiger partial charge on any atom is -0.455 e. The van der Waals surface area contributed by atoms with E-state index < -0.39 is 28.8 Å². The molecule has 9 heteroatoms. The first-order valence-electron chi connectivity index (χ1n) is 13.5. The molecule has 0 atom stereocenters. The second-order valence-electron chi connectivity index (χ2n) is 10.8. The maximum atomic E-state index is 16.4. The molecular formula is C33H26F3N3O3. The zero-order chi connectivity index (χ0) is 29.8. The van der Waals surface area contributed by atoms with E-state index in [9.17, 15) is 18.4 Å². The van der Waals surface area contributed by atoms with Gasteiger partial charge in [-0.25, -0.2) is 23.1 Å². The van der Waals surface area contributed by atoms with Crippen LogP contribution < -0.4 is 5.32 Å². The fourth-order valence-electron chi connectivity index (χ4n) is 5.57. The molecule has 1 aliphatic carbocycles. The first-order chi connectivity index (χ1) is 20.1. The molecule has 1 amide bonds. The van der Waals surface area contributed by atoms with Gasteiger partial charge in [0, 0.05) is 35.6 Å². The first kappa shape index (κ1) is 27.4. The molecule has 0 unspecified atom stereocenters. The van der Waals surface area contributed by atoms with E-state index in [1.165, 1.54) is 31.3 Å². The van der Waals surface area contributed by atoms with Crippen LogP contribution in [0.25, 0.3) is 33.4 Å². The minimum absolute atomic E-state index is 0.00510. The molecular weight excluding hydrogens is 543 g/mol. The molecule has 1 saturated carbocycles. The molecule has 2 heterocycles. The van der Waals surface area contributed by atoms with Crippen molar-refractivity contribution in [1.82, 2.24) is 15.3 Å². The van der Waals surface area contributed by atoms with Crippen LogP contribution in [0.2, 0.25) is 0 Å². The molecule has 1 fully saturated rings. The summed E-state index contributed by atoms with van der Waals surface area (Å²) in [7, 11) is 1.43. The van der Waals surface area contributed by atoms with Gasteiger partial charge in [-0.3, -0.25) is 9.59 Å². The van der Waals surface area contributed by atoms with Crippen LogP contribution in [0.5, 0.6) is 0 Å². The molecule has 6 nitrogen and oxygen atoms in total. The summed E-state index contributed by atoms with van der Waals surface area (Å²) < 4.78 is 49.3. The van der Waals surface area contributed by atoms with E-state index in [0.29, 0.717) is 35.4 Å². The molecule has 2 aromatic heterocycles. The number of hydrogen-bond acceptors (Lipinski definition) is 5. The Morgan fingerprint density at radius 2 is 1.60 bits per heavy atom. The molecule has 0 aliphatic heterocycles. The van der Waals surface area contributed by atoms with E-state index in [4.69, 9.17) is 4.42 Å². The number of nitrogens with zero attached hydrogens (tertiary/aromatic N) is 2. The van der Waals surface area contributed by atoms with Gasteiger partial charge in [0.25, 0.3) is 5.91 Å². The molecule has 0 radical (unpaired) electrons. The number of Topliss-reactive ketones (excluding diaryl/α,β-unsaturated/α-hetero) is 1. The van der Waals surface area contributed by atoms with E-state index >= 15 is 4.39 Å². The number of nitrogens with one attached hydrogen (secondary N) is 1. The van der Waals surface area contributed by atoms with Crippen molar-refractivity contribution in [2.75, 3.05) is 7.05 Å². The molecule has 1 aliphatic rings. The van der Waals surface area contributed by atoms with Gasteiger partial charge in [0.2, 0.25) is 0 Å². The van der Waals surface area contributed by atoms with E-state index in [0.717, 1.165) is 23.5 Å². The van der Waals surface area contributed by atoms with Crippen molar-refractivity contribution < 1.29 is 27.2 Å². The minimum atomic E-state index is -0.674. The number of benzene rings is 3. The summed E-state index contributed by atoms with van der Waals surface area (Å²) in [5.41, 5.74) is 2.66. The molecule has 0 bridgehead atoms. The number of furan rings is 1. The highest BCUT2D eigenvalue weighted by atomic mass is 19.1. The number of carbonyl (C=O) groups is 2. The van der Waals surface area contributed by atoms with Crippen molar-refractivity contribution in [3.63, 3.8) is 0 Å². The Morgan fingerprint density at radius 1 is 0.905 bits per heavy atom. The monoisotopic (exact) mass is 569 g/mol. The Balaban J connectivity index is 1.44. The van der Waals surface area contributed by atoms with Crippen LogP contribution in [0.4, 0.5) is 13.2 Å². The van der Waals surface area contributed by atoms with Crippen LogP contribution in [-0.2, 0) is 5.41 Å². The lowest BCUT2D eigenvalue weighted by molar-refractivity contribution is 0.0957. The molecule has 5 aromatic rings. The molecule has 0 saturated heterocycles. The maximum absolute atomic E-state index is 16.4. The Bertz CT molecular complexity index is 1880. The predicted molar refractivity (Wildman–Crippen MR) is 152 cm³/mol. The van der Waals surface area contributed by atoms with E-state index in [1.807, 2.05) is 19.9 Å². The van der Waals surface area contributed by atoms with E-state index in [1.54, 1.807) is 18.2 Å². The number of amides is 1. The van der Waals surface area contributed by atoms with Gasteiger partial charge in [-0.15, -0.1) is 0 Å². The second kappa shape index (κ2) is 10.2. The zero-order valence-electron chi connectivity index (χ0n) is 23.1. The Labute approximate surface area is 239 Å². The number of aryl methyl sites for hydroxylation is 2. The molecule has 212 valence electrons. The first-order valence-corrected chi connectivity index (χ1v) is 13.5. The fourth-order valence-corrected chi connectivity index (χ4v) is 5.57. The number of fused-ring (bicyclic) bond motifs is 1. The smallest absolute Gasteiger partial charge is 0.255 e. The van der Waals surface area contributed by atoms with Crippen LogP contribution in [0.1, 0.15) is 56.9 Å². The summed E-state index contributed by atoms with van der Waals surface area (Å²) in [6.07, 6.45) is 3.78. The van der Waals surface area contributed by atoms with Crippen molar-refractivity contribution in [3.8, 4) is 22.5 Å². The van der Waals surface area contributed by atoms with Gasteiger partial charge in [-0.2, -0.15) is 0 Å². The number of halogens is 3.